The Morgan fingerprint density at radius 1 is 1.17 bits per heavy atom. The van der Waals surface area contributed by atoms with E-state index in [9.17, 15) is 9.59 Å². The van der Waals surface area contributed by atoms with Crippen LogP contribution in [0.4, 0.5) is 4.79 Å². The Morgan fingerprint density at radius 3 is 2.60 bits per heavy atom. The summed E-state index contributed by atoms with van der Waals surface area (Å²) in [5.41, 5.74) is -0.383. The minimum Gasteiger partial charge on any atom is -0.441 e. The second-order valence-electron chi connectivity index (χ2n) is 10.5. The summed E-state index contributed by atoms with van der Waals surface area (Å²) in [5, 5.41) is 0. The molecule has 6 nitrogen and oxygen atoms in total. The molecular formula is C24H37N3O3. The number of likely N-dealkylation sites (tertiary alicyclic amines) is 1. The lowest BCUT2D eigenvalue weighted by atomic mass is 9.88. The van der Waals surface area contributed by atoms with Crippen molar-refractivity contribution in [1.29, 1.82) is 0 Å². The van der Waals surface area contributed by atoms with Crippen molar-refractivity contribution in [1.82, 2.24) is 14.7 Å². The van der Waals surface area contributed by atoms with Gasteiger partial charge in [0.25, 0.3) is 0 Å². The minimum absolute atomic E-state index is 0.162. The summed E-state index contributed by atoms with van der Waals surface area (Å²) in [5.74, 6) is 1.60. The Morgan fingerprint density at radius 2 is 1.93 bits per heavy atom. The second-order valence-corrected chi connectivity index (χ2v) is 10.5. The quantitative estimate of drug-likeness (QED) is 0.647. The minimum atomic E-state index is -0.383. The summed E-state index contributed by atoms with van der Waals surface area (Å²) in [6.07, 6.45) is 14.7. The molecule has 0 N–H and O–H groups in total. The Hall–Kier alpha value is -1.56. The first-order valence-corrected chi connectivity index (χ1v) is 12.2. The maximum Gasteiger partial charge on any atom is 0.410 e. The highest BCUT2D eigenvalue weighted by atomic mass is 16.6. The van der Waals surface area contributed by atoms with Gasteiger partial charge >= 0.3 is 6.09 Å². The van der Waals surface area contributed by atoms with Gasteiger partial charge in [0.15, 0.2) is 0 Å². The fraction of sp³-hybridized carbons (Fsp3) is 0.833. The number of carbonyl (C=O) groups excluding carboxylic acids is 2. The van der Waals surface area contributed by atoms with Crippen LogP contribution in [0.25, 0.3) is 0 Å². The number of rotatable bonds is 5. The predicted molar refractivity (Wildman–Crippen MR) is 115 cm³/mol. The van der Waals surface area contributed by atoms with E-state index in [0.29, 0.717) is 30.3 Å². The molecule has 2 saturated heterocycles. The Kier molecular flexibility index (Phi) is 5.55. The number of allylic oxidation sites excluding steroid dienone is 2. The van der Waals surface area contributed by atoms with Crippen LogP contribution in [0.15, 0.2) is 12.2 Å². The van der Waals surface area contributed by atoms with Gasteiger partial charge in [0.05, 0.1) is 6.54 Å². The highest BCUT2D eigenvalue weighted by molar-refractivity contribution is 5.80. The van der Waals surface area contributed by atoms with Gasteiger partial charge in [-0.2, -0.15) is 0 Å². The lowest BCUT2D eigenvalue weighted by molar-refractivity contribution is -0.139. The SMILES string of the molecule is CN(CCN1CC2(CCN(C(=O)[C@@H]3C[C@H]4C=C[C@@H]3C4)CC2)OC1=O)C1CCCCC1. The topological polar surface area (TPSA) is 53.1 Å². The Bertz CT molecular complexity index is 694. The lowest BCUT2D eigenvalue weighted by Gasteiger charge is -2.39. The van der Waals surface area contributed by atoms with E-state index in [2.05, 4.69) is 24.1 Å². The van der Waals surface area contributed by atoms with E-state index in [-0.39, 0.29) is 17.6 Å². The number of carbonyl (C=O) groups is 2. The first-order valence-electron chi connectivity index (χ1n) is 12.2. The fourth-order valence-corrected chi connectivity index (χ4v) is 6.54. The molecular weight excluding hydrogens is 378 g/mol. The van der Waals surface area contributed by atoms with Gasteiger partial charge in [0, 0.05) is 51.0 Å². The third-order valence-corrected chi connectivity index (χ3v) is 8.54. The number of hydrogen-bond acceptors (Lipinski definition) is 4. The number of hydrogen-bond donors (Lipinski definition) is 0. The number of nitrogens with zero attached hydrogens (tertiary/aromatic N) is 3. The average Bonchev–Trinajstić information content (AvgIpc) is 3.48. The van der Waals surface area contributed by atoms with Crippen molar-refractivity contribution in [3.05, 3.63) is 12.2 Å². The van der Waals surface area contributed by atoms with Crippen LogP contribution < -0.4 is 0 Å². The van der Waals surface area contributed by atoms with Gasteiger partial charge in [0.2, 0.25) is 5.91 Å². The number of likely N-dealkylation sites (N-methyl/N-ethyl adjacent to an activating group) is 1. The van der Waals surface area contributed by atoms with Gasteiger partial charge in [-0.25, -0.2) is 4.79 Å². The molecule has 3 aliphatic carbocycles. The molecule has 2 heterocycles. The van der Waals surface area contributed by atoms with Crippen molar-refractivity contribution in [2.75, 3.05) is 39.8 Å². The van der Waals surface area contributed by atoms with Gasteiger partial charge in [-0.05, 0) is 44.6 Å². The molecule has 30 heavy (non-hydrogen) atoms. The van der Waals surface area contributed by atoms with E-state index in [4.69, 9.17) is 4.74 Å². The largest absolute Gasteiger partial charge is 0.441 e. The molecule has 2 saturated carbocycles. The van der Waals surface area contributed by atoms with E-state index >= 15 is 0 Å². The molecule has 166 valence electrons. The van der Waals surface area contributed by atoms with Crippen LogP contribution in [0.1, 0.15) is 57.8 Å². The van der Waals surface area contributed by atoms with E-state index in [1.54, 1.807) is 0 Å². The summed E-state index contributed by atoms with van der Waals surface area (Å²) in [6.45, 7) is 3.79. The van der Waals surface area contributed by atoms with Crippen LogP contribution in [0.2, 0.25) is 0 Å². The highest BCUT2D eigenvalue weighted by Crippen LogP contribution is 2.45. The van der Waals surface area contributed by atoms with Gasteiger partial charge < -0.3 is 19.4 Å². The van der Waals surface area contributed by atoms with Crippen LogP contribution in [-0.4, -0.2) is 78.1 Å². The Labute approximate surface area is 180 Å². The summed E-state index contributed by atoms with van der Waals surface area (Å²) >= 11 is 0. The Balaban J connectivity index is 1.10. The zero-order valence-electron chi connectivity index (χ0n) is 18.4. The van der Waals surface area contributed by atoms with Crippen molar-refractivity contribution in [3.8, 4) is 0 Å². The first kappa shape index (κ1) is 20.3. The molecule has 0 unspecified atom stereocenters. The highest BCUT2D eigenvalue weighted by Gasteiger charge is 2.49. The number of ether oxygens (including phenoxy) is 1. The number of amides is 2. The molecule has 0 aromatic heterocycles. The third kappa shape index (κ3) is 3.88. The first-order chi connectivity index (χ1) is 14.5. The van der Waals surface area contributed by atoms with E-state index < -0.39 is 0 Å². The summed E-state index contributed by atoms with van der Waals surface area (Å²) in [4.78, 5) is 31.9. The maximum atomic E-state index is 13.0. The zero-order chi connectivity index (χ0) is 20.7. The number of piperidine rings is 1. The van der Waals surface area contributed by atoms with Gasteiger partial charge in [0.1, 0.15) is 5.60 Å². The lowest BCUT2D eigenvalue weighted by Crippen LogP contribution is -2.50. The van der Waals surface area contributed by atoms with E-state index in [0.717, 1.165) is 51.9 Å². The fourth-order valence-electron chi connectivity index (χ4n) is 6.54. The van der Waals surface area contributed by atoms with Crippen LogP contribution in [0.5, 0.6) is 0 Å². The summed E-state index contributed by atoms with van der Waals surface area (Å²) in [6, 6.07) is 0.668. The molecule has 2 bridgehead atoms. The van der Waals surface area contributed by atoms with Crippen LogP contribution >= 0.6 is 0 Å². The molecule has 5 rings (SSSR count). The zero-order valence-corrected chi connectivity index (χ0v) is 18.4. The molecule has 5 aliphatic rings. The molecule has 1 spiro atoms. The smallest absolute Gasteiger partial charge is 0.410 e. The molecule has 0 aromatic rings. The molecule has 0 radical (unpaired) electrons. The van der Waals surface area contributed by atoms with Crippen molar-refractivity contribution >= 4 is 12.0 Å². The van der Waals surface area contributed by atoms with Gasteiger partial charge in [-0.15, -0.1) is 0 Å². The molecule has 4 fully saturated rings. The van der Waals surface area contributed by atoms with Gasteiger partial charge in [-0.1, -0.05) is 31.4 Å². The second kappa shape index (κ2) is 8.18. The van der Waals surface area contributed by atoms with E-state index in [1.807, 2.05) is 9.80 Å². The van der Waals surface area contributed by atoms with Crippen LogP contribution in [-0.2, 0) is 9.53 Å². The molecule has 0 aromatic carbocycles. The van der Waals surface area contributed by atoms with Gasteiger partial charge in [-0.3, -0.25) is 4.79 Å². The predicted octanol–water partition coefficient (Wildman–Crippen LogP) is 3.28. The van der Waals surface area contributed by atoms with Crippen LogP contribution in [0.3, 0.4) is 0 Å². The standard InChI is InChI=1S/C24H37N3O3/c1-25(20-5-3-2-4-6-20)13-14-27-17-24(30-23(27)29)9-11-26(12-10-24)22(28)21-16-18-7-8-19(21)15-18/h7-8,18-21H,2-6,9-17H2,1H3/t18-,19+,21+/m0/s1. The average molecular weight is 416 g/mol. The third-order valence-electron chi connectivity index (χ3n) is 8.54. The van der Waals surface area contributed by atoms with Crippen molar-refractivity contribution in [3.63, 3.8) is 0 Å². The molecule has 3 atom stereocenters. The number of fused-ring (bicyclic) bond motifs is 2. The normalized spacial score (nSPS) is 33.1. The van der Waals surface area contributed by atoms with Crippen molar-refractivity contribution < 1.29 is 14.3 Å². The summed E-state index contributed by atoms with van der Waals surface area (Å²) in [7, 11) is 2.20. The maximum absolute atomic E-state index is 13.0. The molecule has 2 aliphatic heterocycles. The summed E-state index contributed by atoms with van der Waals surface area (Å²) < 4.78 is 5.90. The monoisotopic (exact) mass is 415 g/mol. The van der Waals surface area contributed by atoms with Crippen molar-refractivity contribution in [2.45, 2.75) is 69.4 Å². The van der Waals surface area contributed by atoms with Crippen LogP contribution in [0, 0.1) is 17.8 Å². The molecule has 2 amide bonds. The van der Waals surface area contributed by atoms with Crippen molar-refractivity contribution in [2.24, 2.45) is 17.8 Å². The van der Waals surface area contributed by atoms with E-state index in [1.165, 1.54) is 32.1 Å². The molecule has 6 heteroatoms.